The van der Waals surface area contributed by atoms with Gasteiger partial charge in [-0.05, 0) is 24.6 Å². The van der Waals surface area contributed by atoms with E-state index in [0.717, 1.165) is 5.56 Å². The van der Waals surface area contributed by atoms with Crippen LogP contribution in [0.3, 0.4) is 0 Å². The average Bonchev–Trinajstić information content (AvgIpc) is 2.13. The molecule has 0 spiro atoms. The van der Waals surface area contributed by atoms with E-state index in [9.17, 15) is 5.11 Å². The van der Waals surface area contributed by atoms with Gasteiger partial charge >= 0.3 is 0 Å². The van der Waals surface area contributed by atoms with Crippen molar-refractivity contribution >= 4 is 23.2 Å². The summed E-state index contributed by atoms with van der Waals surface area (Å²) in [4.78, 5) is 0. The third-order valence-corrected chi connectivity index (χ3v) is 2.12. The van der Waals surface area contributed by atoms with Crippen molar-refractivity contribution in [2.75, 3.05) is 5.88 Å². The summed E-state index contributed by atoms with van der Waals surface area (Å²) in [6, 6.07) is 3.34. The third kappa shape index (κ3) is 2.83. The first-order valence-electron chi connectivity index (χ1n) is 4.19. The molecule has 0 radical (unpaired) electrons. The second-order valence-corrected chi connectivity index (χ2v) is 3.67. The van der Waals surface area contributed by atoms with Crippen molar-refractivity contribution in [1.82, 2.24) is 0 Å². The molecule has 3 heteroatoms. The largest absolute Gasteiger partial charge is 0.506 e. The van der Waals surface area contributed by atoms with Gasteiger partial charge in [0.05, 0.1) is 5.56 Å². The van der Waals surface area contributed by atoms with E-state index in [1.165, 1.54) is 0 Å². The molecule has 1 rings (SSSR count). The molecule has 14 heavy (non-hydrogen) atoms. The van der Waals surface area contributed by atoms with Crippen molar-refractivity contribution in [3.63, 3.8) is 0 Å². The van der Waals surface area contributed by atoms with E-state index in [2.05, 4.69) is 11.8 Å². The molecule has 0 bridgehead atoms. The van der Waals surface area contributed by atoms with E-state index in [4.69, 9.17) is 23.2 Å². The Bertz CT molecular complexity index is 388. The molecule has 0 aliphatic rings. The molecule has 74 valence electrons. The lowest BCUT2D eigenvalue weighted by Gasteiger charge is -2.01. The van der Waals surface area contributed by atoms with E-state index < -0.39 is 0 Å². The first-order chi connectivity index (χ1) is 6.65. The highest BCUT2D eigenvalue weighted by molar-refractivity contribution is 6.30. The van der Waals surface area contributed by atoms with Crippen LogP contribution in [0.1, 0.15) is 17.5 Å². The van der Waals surface area contributed by atoms with Crippen LogP contribution in [-0.2, 0) is 0 Å². The highest BCUT2D eigenvalue weighted by Crippen LogP contribution is 2.25. The molecule has 0 unspecified atom stereocenters. The molecule has 0 amide bonds. The van der Waals surface area contributed by atoms with Crippen molar-refractivity contribution in [1.29, 1.82) is 0 Å². The zero-order chi connectivity index (χ0) is 10.6. The molecular formula is C11H10Cl2O. The quantitative estimate of drug-likeness (QED) is 0.578. The van der Waals surface area contributed by atoms with Crippen molar-refractivity contribution in [3.05, 3.63) is 28.3 Å². The Hall–Kier alpha value is -0.840. The number of hydrogen-bond donors (Lipinski definition) is 1. The smallest absolute Gasteiger partial charge is 0.134 e. The van der Waals surface area contributed by atoms with Crippen LogP contribution in [0.4, 0.5) is 0 Å². The van der Waals surface area contributed by atoms with Gasteiger partial charge in [-0.3, -0.25) is 0 Å². The minimum absolute atomic E-state index is 0.191. The maximum absolute atomic E-state index is 9.63. The van der Waals surface area contributed by atoms with Crippen LogP contribution in [0, 0.1) is 18.8 Å². The molecule has 0 fully saturated rings. The average molecular weight is 229 g/mol. The fourth-order valence-electron chi connectivity index (χ4n) is 1.04. The highest BCUT2D eigenvalue weighted by atomic mass is 35.5. The predicted molar refractivity (Wildman–Crippen MR) is 60.1 cm³/mol. The molecule has 0 aliphatic heterocycles. The highest BCUT2D eigenvalue weighted by Gasteiger charge is 2.03. The van der Waals surface area contributed by atoms with Gasteiger partial charge in [-0.25, -0.2) is 0 Å². The van der Waals surface area contributed by atoms with Crippen molar-refractivity contribution in [3.8, 4) is 17.6 Å². The maximum Gasteiger partial charge on any atom is 0.134 e. The lowest BCUT2D eigenvalue weighted by molar-refractivity contribution is 0.469. The van der Waals surface area contributed by atoms with Crippen LogP contribution < -0.4 is 0 Å². The monoisotopic (exact) mass is 228 g/mol. The van der Waals surface area contributed by atoms with Crippen LogP contribution in [-0.4, -0.2) is 11.0 Å². The predicted octanol–water partition coefficient (Wildman–Crippen LogP) is 3.33. The standard InChI is InChI=1S/C11H10Cl2O/c1-8-6-10(13)7-9(11(8)14)4-2-3-5-12/h6-7,14H,3,5H2,1H3. The summed E-state index contributed by atoms with van der Waals surface area (Å²) < 4.78 is 0. The van der Waals surface area contributed by atoms with Crippen LogP contribution in [0.25, 0.3) is 0 Å². The number of rotatable bonds is 1. The number of phenols is 1. The first-order valence-corrected chi connectivity index (χ1v) is 5.10. The van der Waals surface area contributed by atoms with E-state index in [1.54, 1.807) is 19.1 Å². The molecule has 0 heterocycles. The van der Waals surface area contributed by atoms with Gasteiger partial charge in [0.25, 0.3) is 0 Å². The molecule has 0 atom stereocenters. The van der Waals surface area contributed by atoms with E-state index >= 15 is 0 Å². The number of halogens is 2. The van der Waals surface area contributed by atoms with Gasteiger partial charge in [-0.1, -0.05) is 23.4 Å². The second-order valence-electron chi connectivity index (χ2n) is 2.86. The Morgan fingerprint density at radius 1 is 1.43 bits per heavy atom. The lowest BCUT2D eigenvalue weighted by atomic mass is 10.1. The number of aromatic hydroxyl groups is 1. The summed E-state index contributed by atoms with van der Waals surface area (Å²) in [5, 5.41) is 10.2. The summed E-state index contributed by atoms with van der Waals surface area (Å²) >= 11 is 11.3. The van der Waals surface area contributed by atoms with Gasteiger partial charge in [0.15, 0.2) is 0 Å². The van der Waals surface area contributed by atoms with Crippen molar-refractivity contribution in [2.45, 2.75) is 13.3 Å². The summed E-state index contributed by atoms with van der Waals surface area (Å²) in [6.07, 6.45) is 0.604. The van der Waals surface area contributed by atoms with Crippen LogP contribution >= 0.6 is 23.2 Å². The van der Waals surface area contributed by atoms with Crippen molar-refractivity contribution < 1.29 is 5.11 Å². The molecular weight excluding hydrogens is 219 g/mol. The molecule has 0 aromatic heterocycles. The fourth-order valence-corrected chi connectivity index (χ4v) is 1.40. The zero-order valence-electron chi connectivity index (χ0n) is 7.77. The summed E-state index contributed by atoms with van der Waals surface area (Å²) in [5.74, 6) is 6.36. The Morgan fingerprint density at radius 2 is 2.14 bits per heavy atom. The molecule has 0 aliphatic carbocycles. The minimum atomic E-state index is 0.191. The van der Waals surface area contributed by atoms with Gasteiger partial charge in [0.1, 0.15) is 5.75 Å². The van der Waals surface area contributed by atoms with E-state index in [0.29, 0.717) is 22.9 Å². The second kappa shape index (κ2) is 5.14. The van der Waals surface area contributed by atoms with E-state index in [-0.39, 0.29) is 5.75 Å². The minimum Gasteiger partial charge on any atom is -0.506 e. The summed E-state index contributed by atoms with van der Waals surface area (Å²) in [5.41, 5.74) is 1.28. The zero-order valence-corrected chi connectivity index (χ0v) is 9.28. The van der Waals surface area contributed by atoms with Crippen molar-refractivity contribution in [2.24, 2.45) is 0 Å². The normalized spacial score (nSPS) is 9.36. The summed E-state index contributed by atoms with van der Waals surface area (Å²) in [7, 11) is 0. The van der Waals surface area contributed by atoms with Gasteiger partial charge in [0.2, 0.25) is 0 Å². The Labute approximate surface area is 93.7 Å². The number of benzene rings is 1. The number of phenolic OH excluding ortho intramolecular Hbond substituents is 1. The molecule has 1 nitrogen and oxygen atoms in total. The fraction of sp³-hybridized carbons (Fsp3) is 0.273. The van der Waals surface area contributed by atoms with Gasteiger partial charge in [-0.2, -0.15) is 0 Å². The lowest BCUT2D eigenvalue weighted by Crippen LogP contribution is -1.82. The Morgan fingerprint density at radius 3 is 2.79 bits per heavy atom. The molecule has 0 saturated heterocycles. The number of alkyl halides is 1. The molecule has 1 aromatic rings. The third-order valence-electron chi connectivity index (χ3n) is 1.71. The first kappa shape index (κ1) is 11.2. The van der Waals surface area contributed by atoms with Crippen LogP contribution in [0.5, 0.6) is 5.75 Å². The SMILES string of the molecule is Cc1cc(Cl)cc(C#CCCCl)c1O. The van der Waals surface area contributed by atoms with Crippen LogP contribution in [0.15, 0.2) is 12.1 Å². The van der Waals surface area contributed by atoms with Crippen LogP contribution in [0.2, 0.25) is 5.02 Å². The Balaban J connectivity index is 3.04. The van der Waals surface area contributed by atoms with Gasteiger partial charge in [-0.15, -0.1) is 11.6 Å². The maximum atomic E-state index is 9.63. The summed E-state index contributed by atoms with van der Waals surface area (Å²) in [6.45, 7) is 1.79. The molecule has 0 saturated carbocycles. The molecule has 1 aromatic carbocycles. The van der Waals surface area contributed by atoms with Gasteiger partial charge in [0, 0.05) is 17.3 Å². The van der Waals surface area contributed by atoms with Gasteiger partial charge < -0.3 is 5.11 Å². The number of aryl methyl sites for hydroxylation is 1. The topological polar surface area (TPSA) is 20.2 Å². The Kier molecular flexibility index (Phi) is 4.13. The molecule has 1 N–H and O–H groups in total. The van der Waals surface area contributed by atoms with E-state index in [1.807, 2.05) is 0 Å². The number of hydrogen-bond acceptors (Lipinski definition) is 1.